The second kappa shape index (κ2) is 4.96. The standard InChI is InChI=1S/C16H14INO/c1-11-9-13-10-14(17)7-8-15(13)18(11)16(19)12-5-3-2-4-6-12/h2-8,10-11H,9H2,1H3. The Bertz CT molecular complexity index is 624. The average Bonchev–Trinajstić information content (AvgIpc) is 2.74. The number of hydrogen-bond donors (Lipinski definition) is 0. The average molecular weight is 363 g/mol. The van der Waals surface area contributed by atoms with Crippen LogP contribution in [0.1, 0.15) is 22.8 Å². The Kier molecular flexibility index (Phi) is 3.31. The number of benzene rings is 2. The number of rotatable bonds is 1. The maximum atomic E-state index is 12.6. The minimum Gasteiger partial charge on any atom is -0.305 e. The van der Waals surface area contributed by atoms with Gasteiger partial charge in [0.05, 0.1) is 0 Å². The van der Waals surface area contributed by atoms with E-state index in [-0.39, 0.29) is 11.9 Å². The maximum Gasteiger partial charge on any atom is 0.258 e. The Morgan fingerprint density at radius 1 is 1.21 bits per heavy atom. The van der Waals surface area contributed by atoms with Gasteiger partial charge in [0.25, 0.3) is 5.91 Å². The second-order valence-electron chi connectivity index (χ2n) is 4.87. The first-order chi connectivity index (χ1) is 9.16. The van der Waals surface area contributed by atoms with Gasteiger partial charge in [-0.25, -0.2) is 0 Å². The number of hydrogen-bond acceptors (Lipinski definition) is 1. The smallest absolute Gasteiger partial charge is 0.258 e. The summed E-state index contributed by atoms with van der Waals surface area (Å²) in [6.45, 7) is 2.10. The van der Waals surface area contributed by atoms with Crippen LogP contribution in [0, 0.1) is 3.57 Å². The summed E-state index contributed by atoms with van der Waals surface area (Å²) < 4.78 is 1.22. The molecule has 2 nitrogen and oxygen atoms in total. The molecule has 96 valence electrons. The third kappa shape index (κ3) is 2.27. The van der Waals surface area contributed by atoms with Crippen molar-refractivity contribution in [3.8, 4) is 0 Å². The predicted octanol–water partition coefficient (Wildman–Crippen LogP) is 3.88. The normalized spacial score (nSPS) is 17.4. The summed E-state index contributed by atoms with van der Waals surface area (Å²) in [7, 11) is 0. The fourth-order valence-corrected chi connectivity index (χ4v) is 3.18. The Labute approximate surface area is 126 Å². The molecule has 0 N–H and O–H groups in total. The predicted molar refractivity (Wildman–Crippen MR) is 85.6 cm³/mol. The van der Waals surface area contributed by atoms with Gasteiger partial charge < -0.3 is 4.90 Å². The Balaban J connectivity index is 2.01. The molecule has 1 heterocycles. The SMILES string of the molecule is CC1Cc2cc(I)ccc2N1C(=O)c1ccccc1. The molecule has 3 rings (SSSR count). The van der Waals surface area contributed by atoms with E-state index in [1.54, 1.807) is 0 Å². The molecule has 1 aliphatic heterocycles. The van der Waals surface area contributed by atoms with Crippen molar-refractivity contribution in [3.63, 3.8) is 0 Å². The fourth-order valence-electron chi connectivity index (χ4n) is 2.63. The largest absolute Gasteiger partial charge is 0.305 e. The number of amides is 1. The van der Waals surface area contributed by atoms with Crippen molar-refractivity contribution >= 4 is 34.2 Å². The molecule has 0 radical (unpaired) electrons. The molecule has 0 saturated carbocycles. The van der Waals surface area contributed by atoms with Gasteiger partial charge in [-0.1, -0.05) is 18.2 Å². The first kappa shape index (κ1) is 12.7. The molecule has 2 aromatic carbocycles. The van der Waals surface area contributed by atoms with Crippen molar-refractivity contribution in [2.45, 2.75) is 19.4 Å². The summed E-state index contributed by atoms with van der Waals surface area (Å²) in [5.41, 5.74) is 3.08. The topological polar surface area (TPSA) is 20.3 Å². The Hall–Kier alpha value is -1.36. The van der Waals surface area contributed by atoms with E-state index in [0.29, 0.717) is 0 Å². The van der Waals surface area contributed by atoms with Crippen molar-refractivity contribution in [1.29, 1.82) is 0 Å². The molecule has 19 heavy (non-hydrogen) atoms. The molecule has 0 aromatic heterocycles. The van der Waals surface area contributed by atoms with E-state index in [0.717, 1.165) is 17.7 Å². The maximum absolute atomic E-state index is 12.6. The molecule has 2 aromatic rings. The zero-order chi connectivity index (χ0) is 13.4. The van der Waals surface area contributed by atoms with E-state index in [2.05, 4.69) is 47.7 Å². The van der Waals surface area contributed by atoms with Crippen molar-refractivity contribution < 1.29 is 4.79 Å². The highest BCUT2D eigenvalue weighted by molar-refractivity contribution is 14.1. The quantitative estimate of drug-likeness (QED) is 0.705. The van der Waals surface area contributed by atoms with Crippen molar-refractivity contribution in [2.75, 3.05) is 4.90 Å². The van der Waals surface area contributed by atoms with E-state index >= 15 is 0 Å². The van der Waals surface area contributed by atoms with Crippen molar-refractivity contribution in [1.82, 2.24) is 0 Å². The first-order valence-electron chi connectivity index (χ1n) is 6.34. The minimum absolute atomic E-state index is 0.0908. The Morgan fingerprint density at radius 3 is 2.68 bits per heavy atom. The van der Waals surface area contributed by atoms with Crippen LogP contribution in [-0.2, 0) is 6.42 Å². The van der Waals surface area contributed by atoms with Gasteiger partial charge in [-0.2, -0.15) is 0 Å². The third-order valence-electron chi connectivity index (χ3n) is 3.50. The Morgan fingerprint density at radius 2 is 1.95 bits per heavy atom. The van der Waals surface area contributed by atoms with Crippen LogP contribution >= 0.6 is 22.6 Å². The van der Waals surface area contributed by atoms with Crippen LogP contribution in [0.5, 0.6) is 0 Å². The molecular formula is C16H14INO. The summed E-state index contributed by atoms with van der Waals surface area (Å²) in [5, 5.41) is 0. The molecular weight excluding hydrogens is 349 g/mol. The summed E-state index contributed by atoms with van der Waals surface area (Å²) >= 11 is 2.31. The summed E-state index contributed by atoms with van der Waals surface area (Å²) in [4.78, 5) is 14.5. The van der Waals surface area contributed by atoms with Crippen LogP contribution in [0.4, 0.5) is 5.69 Å². The molecule has 0 spiro atoms. The molecule has 1 aliphatic rings. The number of anilines is 1. The lowest BCUT2D eigenvalue weighted by atomic mass is 10.1. The van der Waals surface area contributed by atoms with Crippen LogP contribution in [0.2, 0.25) is 0 Å². The van der Waals surface area contributed by atoms with Gasteiger partial charge in [0, 0.05) is 20.9 Å². The minimum atomic E-state index is 0.0908. The number of nitrogens with zero attached hydrogens (tertiary/aromatic N) is 1. The lowest BCUT2D eigenvalue weighted by Crippen LogP contribution is -2.35. The summed E-state index contributed by atoms with van der Waals surface area (Å²) in [6, 6.07) is 16.0. The van der Waals surface area contributed by atoms with Crippen molar-refractivity contribution in [2.24, 2.45) is 0 Å². The van der Waals surface area contributed by atoms with E-state index in [4.69, 9.17) is 0 Å². The van der Waals surface area contributed by atoms with Gasteiger partial charge in [-0.05, 0) is 71.8 Å². The number of carbonyl (C=O) groups is 1. The summed E-state index contributed by atoms with van der Waals surface area (Å²) in [6.07, 6.45) is 0.935. The van der Waals surface area contributed by atoms with Gasteiger partial charge in [-0.3, -0.25) is 4.79 Å². The van der Waals surface area contributed by atoms with E-state index in [1.165, 1.54) is 9.13 Å². The lowest BCUT2D eigenvalue weighted by molar-refractivity contribution is 0.0981. The third-order valence-corrected chi connectivity index (χ3v) is 4.17. The molecule has 0 aliphatic carbocycles. The van der Waals surface area contributed by atoms with Gasteiger partial charge in [0.1, 0.15) is 0 Å². The fraction of sp³-hybridized carbons (Fsp3) is 0.188. The van der Waals surface area contributed by atoms with Crippen LogP contribution in [-0.4, -0.2) is 11.9 Å². The number of halogens is 1. The number of carbonyl (C=O) groups excluding carboxylic acids is 1. The number of fused-ring (bicyclic) bond motifs is 1. The highest BCUT2D eigenvalue weighted by Crippen LogP contribution is 2.34. The molecule has 3 heteroatoms. The first-order valence-corrected chi connectivity index (χ1v) is 7.42. The van der Waals surface area contributed by atoms with Crippen LogP contribution in [0.15, 0.2) is 48.5 Å². The van der Waals surface area contributed by atoms with Gasteiger partial charge in [0.2, 0.25) is 0 Å². The monoisotopic (exact) mass is 363 g/mol. The zero-order valence-electron chi connectivity index (χ0n) is 10.6. The van der Waals surface area contributed by atoms with Crippen LogP contribution < -0.4 is 4.90 Å². The van der Waals surface area contributed by atoms with E-state index in [1.807, 2.05) is 35.2 Å². The highest BCUT2D eigenvalue weighted by atomic mass is 127. The van der Waals surface area contributed by atoms with Crippen LogP contribution in [0.3, 0.4) is 0 Å². The van der Waals surface area contributed by atoms with E-state index in [9.17, 15) is 4.79 Å². The van der Waals surface area contributed by atoms with Gasteiger partial charge in [-0.15, -0.1) is 0 Å². The molecule has 0 fully saturated rings. The van der Waals surface area contributed by atoms with Crippen molar-refractivity contribution in [3.05, 3.63) is 63.2 Å². The molecule has 1 atom stereocenters. The van der Waals surface area contributed by atoms with Gasteiger partial charge >= 0.3 is 0 Å². The zero-order valence-corrected chi connectivity index (χ0v) is 12.8. The van der Waals surface area contributed by atoms with Crippen LogP contribution in [0.25, 0.3) is 0 Å². The highest BCUT2D eigenvalue weighted by Gasteiger charge is 2.31. The lowest BCUT2D eigenvalue weighted by Gasteiger charge is -2.22. The molecule has 1 amide bonds. The molecule has 1 unspecified atom stereocenters. The second-order valence-corrected chi connectivity index (χ2v) is 6.11. The molecule has 0 bridgehead atoms. The van der Waals surface area contributed by atoms with Gasteiger partial charge in [0.15, 0.2) is 0 Å². The summed E-state index contributed by atoms with van der Waals surface area (Å²) in [5.74, 6) is 0.0908. The molecule has 0 saturated heterocycles. The van der Waals surface area contributed by atoms with E-state index < -0.39 is 0 Å².